The maximum Gasteiger partial charge on any atom is 0.418 e. The van der Waals surface area contributed by atoms with Crippen molar-refractivity contribution in [1.29, 1.82) is 0 Å². The fourth-order valence-electron chi connectivity index (χ4n) is 2.23. The van der Waals surface area contributed by atoms with Gasteiger partial charge in [0.25, 0.3) is 0 Å². The van der Waals surface area contributed by atoms with Crippen LogP contribution in [0.25, 0.3) is 0 Å². The molecule has 0 heterocycles. The Labute approximate surface area is 127 Å². The first-order chi connectivity index (χ1) is 10.3. The smallest absolute Gasteiger partial charge is 0.418 e. The molecule has 2 atom stereocenters. The third-order valence-corrected chi connectivity index (χ3v) is 3.40. The molecule has 0 amide bonds. The Balaban J connectivity index is 3.64. The fraction of sp³-hybridized carbons (Fsp3) is 0.462. The molecule has 2 unspecified atom stereocenters. The molecule has 0 saturated carbocycles. The standard InChI is InChI=1S/C13H14F6N2O2/c1-2-6(9(20)11(22)23)5-3-7(12(14,15)16)10(21)8(4-5)13(17,18)19/h3-4,6,9H,2,20-21H2,1H3,(H,22,23). The van der Waals surface area contributed by atoms with Gasteiger partial charge in [0.15, 0.2) is 0 Å². The molecule has 0 saturated heterocycles. The van der Waals surface area contributed by atoms with Gasteiger partial charge in [-0.25, -0.2) is 0 Å². The Hall–Kier alpha value is -1.97. The number of nitrogens with two attached hydrogens (primary N) is 2. The van der Waals surface area contributed by atoms with Gasteiger partial charge in [0, 0.05) is 5.92 Å². The molecule has 0 aliphatic rings. The summed E-state index contributed by atoms with van der Waals surface area (Å²) in [6, 6.07) is -0.811. The first-order valence-electron chi connectivity index (χ1n) is 6.36. The van der Waals surface area contributed by atoms with E-state index in [4.69, 9.17) is 16.6 Å². The molecule has 1 rings (SSSR count). The Kier molecular flexibility index (Phi) is 5.20. The van der Waals surface area contributed by atoms with Crippen LogP contribution >= 0.6 is 0 Å². The Bertz CT molecular complexity index is 562. The van der Waals surface area contributed by atoms with Crippen molar-refractivity contribution < 1.29 is 36.2 Å². The lowest BCUT2D eigenvalue weighted by molar-refractivity contribution is -0.141. The summed E-state index contributed by atoms with van der Waals surface area (Å²) < 4.78 is 77.6. The zero-order valence-corrected chi connectivity index (χ0v) is 11.8. The van der Waals surface area contributed by atoms with Crippen LogP contribution < -0.4 is 11.5 Å². The van der Waals surface area contributed by atoms with Crippen molar-refractivity contribution in [3.8, 4) is 0 Å². The molecule has 130 valence electrons. The monoisotopic (exact) mass is 344 g/mol. The maximum atomic E-state index is 12.9. The van der Waals surface area contributed by atoms with Crippen LogP contribution in [0.1, 0.15) is 36.0 Å². The average Bonchev–Trinajstić information content (AvgIpc) is 2.37. The second kappa shape index (κ2) is 6.26. The summed E-state index contributed by atoms with van der Waals surface area (Å²) in [5.74, 6) is -2.76. The highest BCUT2D eigenvalue weighted by Crippen LogP contribution is 2.43. The summed E-state index contributed by atoms with van der Waals surface area (Å²) in [4.78, 5) is 10.9. The zero-order valence-electron chi connectivity index (χ0n) is 11.8. The average molecular weight is 344 g/mol. The van der Waals surface area contributed by atoms with E-state index in [1.54, 1.807) is 0 Å². The molecular formula is C13H14F6N2O2. The molecule has 0 aliphatic carbocycles. The minimum Gasteiger partial charge on any atom is -0.480 e. The molecule has 0 fully saturated rings. The molecule has 0 aromatic heterocycles. The molecule has 0 bridgehead atoms. The summed E-state index contributed by atoms with van der Waals surface area (Å²) in [5, 5.41) is 8.86. The topological polar surface area (TPSA) is 89.3 Å². The number of rotatable bonds is 4. The van der Waals surface area contributed by atoms with Gasteiger partial charge in [-0.05, 0) is 24.1 Å². The van der Waals surface area contributed by atoms with Crippen LogP contribution in [0.15, 0.2) is 12.1 Å². The molecule has 23 heavy (non-hydrogen) atoms. The van der Waals surface area contributed by atoms with Gasteiger partial charge in [-0.2, -0.15) is 26.3 Å². The van der Waals surface area contributed by atoms with Gasteiger partial charge in [0.1, 0.15) is 6.04 Å². The Morgan fingerprint density at radius 2 is 1.52 bits per heavy atom. The van der Waals surface area contributed by atoms with Gasteiger partial charge in [-0.1, -0.05) is 6.92 Å². The first kappa shape index (κ1) is 19.1. The molecule has 1 aromatic carbocycles. The minimum atomic E-state index is -5.12. The lowest BCUT2D eigenvalue weighted by Crippen LogP contribution is -2.36. The lowest BCUT2D eigenvalue weighted by atomic mass is 9.86. The van der Waals surface area contributed by atoms with Crippen LogP contribution in [0.3, 0.4) is 0 Å². The first-order valence-corrected chi connectivity index (χ1v) is 6.36. The maximum absolute atomic E-state index is 12.9. The Morgan fingerprint density at radius 1 is 1.13 bits per heavy atom. The van der Waals surface area contributed by atoms with Crippen molar-refractivity contribution in [2.24, 2.45) is 5.73 Å². The van der Waals surface area contributed by atoms with E-state index in [0.717, 1.165) is 0 Å². The van der Waals surface area contributed by atoms with Crippen LogP contribution in [0.5, 0.6) is 0 Å². The number of anilines is 1. The van der Waals surface area contributed by atoms with Gasteiger partial charge in [-0.3, -0.25) is 4.79 Å². The van der Waals surface area contributed by atoms with Gasteiger partial charge in [0.05, 0.1) is 16.8 Å². The van der Waals surface area contributed by atoms with E-state index in [-0.39, 0.29) is 6.42 Å². The van der Waals surface area contributed by atoms with Crippen molar-refractivity contribution in [3.63, 3.8) is 0 Å². The van der Waals surface area contributed by atoms with Gasteiger partial charge in [0.2, 0.25) is 0 Å². The van der Waals surface area contributed by atoms with Gasteiger partial charge >= 0.3 is 18.3 Å². The number of nitrogen functional groups attached to an aromatic ring is 1. The van der Waals surface area contributed by atoms with E-state index in [2.05, 4.69) is 0 Å². The summed E-state index contributed by atoms with van der Waals surface area (Å²) in [6.45, 7) is 1.41. The number of hydrogen-bond acceptors (Lipinski definition) is 3. The van der Waals surface area contributed by atoms with E-state index in [0.29, 0.717) is 12.1 Å². The number of halogens is 6. The largest absolute Gasteiger partial charge is 0.480 e. The number of carboxylic acid groups (broad SMARTS) is 1. The second-order valence-corrected chi connectivity index (χ2v) is 4.90. The summed E-state index contributed by atoms with van der Waals surface area (Å²) in [7, 11) is 0. The highest BCUT2D eigenvalue weighted by atomic mass is 19.4. The van der Waals surface area contributed by atoms with E-state index in [1.165, 1.54) is 6.92 Å². The number of benzene rings is 1. The van der Waals surface area contributed by atoms with Crippen LogP contribution in [-0.4, -0.2) is 17.1 Å². The summed E-state index contributed by atoms with van der Waals surface area (Å²) in [5.41, 5.74) is 5.12. The Morgan fingerprint density at radius 3 is 1.78 bits per heavy atom. The van der Waals surface area contributed by atoms with Crippen LogP contribution in [0.2, 0.25) is 0 Å². The molecule has 0 aliphatic heterocycles. The number of hydrogen-bond donors (Lipinski definition) is 3. The molecule has 1 aromatic rings. The van der Waals surface area contributed by atoms with Gasteiger partial charge < -0.3 is 16.6 Å². The SMILES string of the molecule is CCC(c1cc(C(F)(F)F)c(N)c(C(F)(F)F)c1)C(N)C(=O)O. The second-order valence-electron chi connectivity index (χ2n) is 4.90. The number of carboxylic acids is 1. The van der Waals surface area contributed by atoms with Crippen LogP contribution in [0.4, 0.5) is 32.0 Å². The third-order valence-electron chi connectivity index (χ3n) is 3.40. The molecule has 4 nitrogen and oxygen atoms in total. The lowest BCUT2D eigenvalue weighted by Gasteiger charge is -2.24. The van der Waals surface area contributed by atoms with Crippen LogP contribution in [0, 0.1) is 0 Å². The molecule has 5 N–H and O–H groups in total. The summed E-state index contributed by atoms with van der Waals surface area (Å²) in [6.07, 6.45) is -10.3. The fourth-order valence-corrected chi connectivity index (χ4v) is 2.23. The molecule has 0 spiro atoms. The van der Waals surface area contributed by atoms with Crippen molar-refractivity contribution in [2.45, 2.75) is 37.7 Å². The molecular weight excluding hydrogens is 330 g/mol. The highest BCUT2D eigenvalue weighted by Gasteiger charge is 2.41. The van der Waals surface area contributed by atoms with Crippen molar-refractivity contribution in [3.05, 3.63) is 28.8 Å². The predicted octanol–water partition coefficient (Wildman–Crippen LogP) is 3.21. The molecule has 10 heteroatoms. The van der Waals surface area contributed by atoms with Crippen LogP contribution in [-0.2, 0) is 17.1 Å². The van der Waals surface area contributed by atoms with E-state index < -0.39 is 52.7 Å². The van der Waals surface area contributed by atoms with E-state index in [9.17, 15) is 31.1 Å². The number of alkyl halides is 6. The van der Waals surface area contributed by atoms with Crippen molar-refractivity contribution in [2.75, 3.05) is 5.73 Å². The minimum absolute atomic E-state index is 0.0635. The number of carbonyl (C=O) groups is 1. The van der Waals surface area contributed by atoms with E-state index in [1.807, 2.05) is 0 Å². The molecule has 0 radical (unpaired) electrons. The van der Waals surface area contributed by atoms with Crippen molar-refractivity contribution >= 4 is 11.7 Å². The zero-order chi connectivity index (χ0) is 18.2. The predicted molar refractivity (Wildman–Crippen MR) is 69.5 cm³/mol. The number of aliphatic carboxylic acids is 1. The van der Waals surface area contributed by atoms with Gasteiger partial charge in [-0.15, -0.1) is 0 Å². The van der Waals surface area contributed by atoms with Crippen molar-refractivity contribution in [1.82, 2.24) is 0 Å². The van der Waals surface area contributed by atoms with E-state index >= 15 is 0 Å². The summed E-state index contributed by atoms with van der Waals surface area (Å²) >= 11 is 0. The quantitative estimate of drug-likeness (QED) is 0.578. The normalized spacial score (nSPS) is 15.3. The third kappa shape index (κ3) is 4.06. The highest BCUT2D eigenvalue weighted by molar-refractivity contribution is 5.75.